The van der Waals surface area contributed by atoms with E-state index in [0.29, 0.717) is 17.0 Å². The predicted molar refractivity (Wildman–Crippen MR) is 105 cm³/mol. The van der Waals surface area contributed by atoms with Crippen molar-refractivity contribution in [1.29, 1.82) is 0 Å². The summed E-state index contributed by atoms with van der Waals surface area (Å²) in [6.45, 7) is 1.92. The van der Waals surface area contributed by atoms with Crippen molar-refractivity contribution in [3.63, 3.8) is 0 Å². The first-order valence-electron chi connectivity index (χ1n) is 8.78. The highest BCUT2D eigenvalue weighted by Gasteiger charge is 2.20. The number of carbonyl (C=O) groups is 1. The number of benzene rings is 1. The number of amides is 1. The van der Waals surface area contributed by atoms with Gasteiger partial charge in [0.1, 0.15) is 0 Å². The van der Waals surface area contributed by atoms with Gasteiger partial charge in [-0.3, -0.25) is 14.2 Å². The van der Waals surface area contributed by atoms with Crippen LogP contribution < -0.4 is 5.32 Å². The van der Waals surface area contributed by atoms with E-state index in [2.05, 4.69) is 20.3 Å². The number of fused-ring (bicyclic) bond motifs is 1. The van der Waals surface area contributed by atoms with Crippen LogP contribution in [0.25, 0.3) is 5.78 Å². The number of carbonyl (C=O) groups excluding carboxylic acids is 1. The molecule has 1 N–H and O–H groups in total. The number of nitrogens with zero attached hydrogens (tertiary/aromatic N) is 4. The molecule has 0 aliphatic rings. The summed E-state index contributed by atoms with van der Waals surface area (Å²) in [4.78, 5) is 24.9. The summed E-state index contributed by atoms with van der Waals surface area (Å²) in [5.74, 6) is 0.234. The number of rotatable bonds is 5. The molecule has 0 bridgehead atoms. The molecule has 0 aliphatic heterocycles. The molecule has 0 saturated heterocycles. The normalized spacial score (nSPS) is 11.5. The van der Waals surface area contributed by atoms with Crippen molar-refractivity contribution in [2.24, 2.45) is 0 Å². The van der Waals surface area contributed by atoms with Crippen LogP contribution in [-0.4, -0.2) is 33.7 Å². The molecule has 0 aliphatic carbocycles. The van der Waals surface area contributed by atoms with E-state index in [1.165, 1.54) is 24.4 Å². The number of hydrogen-bond acceptors (Lipinski definition) is 6. The first-order chi connectivity index (χ1) is 13.9. The van der Waals surface area contributed by atoms with Crippen LogP contribution in [0.5, 0.6) is 0 Å². The summed E-state index contributed by atoms with van der Waals surface area (Å²) in [6.07, 6.45) is 7.98. The third-order valence-corrected chi connectivity index (χ3v) is 6.35. The predicted octanol–water partition coefficient (Wildman–Crippen LogP) is 2.20. The third kappa shape index (κ3) is 3.72. The molecule has 0 fully saturated rings. The number of imidazole rings is 1. The summed E-state index contributed by atoms with van der Waals surface area (Å²) >= 11 is 0. The lowest BCUT2D eigenvalue weighted by Crippen LogP contribution is -2.23. The number of sulfone groups is 1. The van der Waals surface area contributed by atoms with Gasteiger partial charge in [0.25, 0.3) is 5.91 Å². The molecular formula is C20H17N5O3S. The maximum Gasteiger partial charge on any atom is 0.254 e. The van der Waals surface area contributed by atoms with Crippen molar-refractivity contribution in [3.05, 3.63) is 84.2 Å². The van der Waals surface area contributed by atoms with Crippen LogP contribution in [0.2, 0.25) is 0 Å². The molecule has 8 nitrogen and oxygen atoms in total. The molecule has 4 rings (SSSR count). The van der Waals surface area contributed by atoms with Gasteiger partial charge in [0, 0.05) is 37.5 Å². The first kappa shape index (κ1) is 18.8. The molecule has 146 valence electrons. The molecule has 0 radical (unpaired) electrons. The summed E-state index contributed by atoms with van der Waals surface area (Å²) in [7, 11) is -3.64. The maximum absolute atomic E-state index is 12.8. The van der Waals surface area contributed by atoms with Crippen LogP contribution in [0, 0.1) is 6.92 Å². The fraction of sp³-hybridized carbons (Fsp3) is 0.100. The van der Waals surface area contributed by atoms with Gasteiger partial charge in [-0.1, -0.05) is 12.1 Å². The van der Waals surface area contributed by atoms with Gasteiger partial charge in [-0.25, -0.2) is 18.4 Å². The fourth-order valence-corrected chi connectivity index (χ4v) is 4.33. The van der Waals surface area contributed by atoms with Crippen molar-refractivity contribution in [1.82, 2.24) is 24.7 Å². The van der Waals surface area contributed by atoms with Gasteiger partial charge in [-0.2, -0.15) is 0 Å². The second kappa shape index (κ2) is 7.44. The van der Waals surface area contributed by atoms with E-state index in [-0.39, 0.29) is 22.2 Å². The third-order valence-electron chi connectivity index (χ3n) is 4.44. The molecule has 3 aromatic heterocycles. The largest absolute Gasteiger partial charge is 0.348 e. The Morgan fingerprint density at radius 2 is 1.86 bits per heavy atom. The van der Waals surface area contributed by atoms with Crippen LogP contribution >= 0.6 is 0 Å². The zero-order valence-corrected chi connectivity index (χ0v) is 16.3. The van der Waals surface area contributed by atoms with Crippen LogP contribution in [0.15, 0.2) is 77.2 Å². The Morgan fingerprint density at radius 3 is 2.62 bits per heavy atom. The Balaban J connectivity index is 1.47. The molecule has 1 amide bonds. The Kier molecular flexibility index (Phi) is 4.81. The molecule has 3 heterocycles. The molecular weight excluding hydrogens is 390 g/mol. The molecule has 4 aromatic rings. The molecule has 0 atom stereocenters. The van der Waals surface area contributed by atoms with Crippen LogP contribution in [0.4, 0.5) is 0 Å². The van der Waals surface area contributed by atoms with Crippen molar-refractivity contribution < 1.29 is 13.2 Å². The second-order valence-corrected chi connectivity index (χ2v) is 8.31. The number of nitrogens with one attached hydrogen (secondary N) is 1. The lowest BCUT2D eigenvalue weighted by molar-refractivity contribution is 0.0950. The summed E-state index contributed by atoms with van der Waals surface area (Å²) < 4.78 is 27.2. The zero-order valence-electron chi connectivity index (χ0n) is 15.5. The highest BCUT2D eigenvalue weighted by molar-refractivity contribution is 7.91. The lowest BCUT2D eigenvalue weighted by atomic mass is 10.2. The standard InChI is InChI=1S/C20H17N5O3S/c1-14-18(3-2-8-21-14)29(27,28)17-6-4-15(5-7-17)11-23-19(26)16-12-24-20-22-9-10-25(20)13-16/h2-10,12-13H,11H2,1H3,(H,23,26). The van der Waals surface area contributed by atoms with E-state index in [4.69, 9.17) is 0 Å². The van der Waals surface area contributed by atoms with E-state index < -0.39 is 9.84 Å². The SMILES string of the molecule is Cc1ncccc1S(=O)(=O)c1ccc(CNC(=O)c2cnc3nccn3c2)cc1. The Bertz CT molecular complexity index is 1300. The summed E-state index contributed by atoms with van der Waals surface area (Å²) in [5, 5.41) is 2.80. The Morgan fingerprint density at radius 1 is 1.07 bits per heavy atom. The van der Waals surface area contributed by atoms with E-state index in [9.17, 15) is 13.2 Å². The summed E-state index contributed by atoms with van der Waals surface area (Å²) in [5.41, 5.74) is 1.63. The fourth-order valence-electron chi connectivity index (χ4n) is 2.88. The second-order valence-electron chi connectivity index (χ2n) is 6.39. The van der Waals surface area contributed by atoms with E-state index in [1.54, 1.807) is 54.3 Å². The smallest absolute Gasteiger partial charge is 0.254 e. The minimum Gasteiger partial charge on any atom is -0.348 e. The quantitative estimate of drug-likeness (QED) is 0.544. The van der Waals surface area contributed by atoms with Crippen molar-refractivity contribution in [2.45, 2.75) is 23.3 Å². The van der Waals surface area contributed by atoms with Gasteiger partial charge >= 0.3 is 0 Å². The van der Waals surface area contributed by atoms with E-state index in [1.807, 2.05) is 0 Å². The van der Waals surface area contributed by atoms with Gasteiger partial charge in [0.15, 0.2) is 0 Å². The van der Waals surface area contributed by atoms with Gasteiger partial charge in [0.2, 0.25) is 15.6 Å². The number of aromatic nitrogens is 4. The van der Waals surface area contributed by atoms with Crippen molar-refractivity contribution in [3.8, 4) is 0 Å². The first-order valence-corrected chi connectivity index (χ1v) is 10.3. The number of pyridine rings is 1. The van der Waals surface area contributed by atoms with Crippen LogP contribution in [0.3, 0.4) is 0 Å². The molecule has 29 heavy (non-hydrogen) atoms. The van der Waals surface area contributed by atoms with Crippen molar-refractivity contribution >= 4 is 21.5 Å². The molecule has 1 aromatic carbocycles. The number of hydrogen-bond donors (Lipinski definition) is 1. The highest BCUT2D eigenvalue weighted by Crippen LogP contribution is 2.22. The van der Waals surface area contributed by atoms with Gasteiger partial charge in [0.05, 0.1) is 21.0 Å². The zero-order chi connectivity index (χ0) is 20.4. The van der Waals surface area contributed by atoms with E-state index >= 15 is 0 Å². The Hall–Kier alpha value is -3.59. The average molecular weight is 407 g/mol. The van der Waals surface area contributed by atoms with Gasteiger partial charge in [-0.05, 0) is 36.8 Å². The Labute approximate surface area is 167 Å². The lowest BCUT2D eigenvalue weighted by Gasteiger charge is -2.09. The monoisotopic (exact) mass is 407 g/mol. The van der Waals surface area contributed by atoms with Crippen LogP contribution in [0.1, 0.15) is 21.6 Å². The van der Waals surface area contributed by atoms with Gasteiger partial charge in [-0.15, -0.1) is 0 Å². The molecule has 0 saturated carbocycles. The topological polar surface area (TPSA) is 106 Å². The molecule has 0 spiro atoms. The van der Waals surface area contributed by atoms with Gasteiger partial charge < -0.3 is 5.32 Å². The summed E-state index contributed by atoms with van der Waals surface area (Å²) in [6, 6.07) is 9.55. The molecule has 0 unspecified atom stereocenters. The van der Waals surface area contributed by atoms with Crippen molar-refractivity contribution in [2.75, 3.05) is 0 Å². The highest BCUT2D eigenvalue weighted by atomic mass is 32.2. The average Bonchev–Trinajstić information content (AvgIpc) is 3.20. The number of aryl methyl sites for hydroxylation is 1. The minimum atomic E-state index is -3.64. The minimum absolute atomic E-state index is 0.179. The molecule has 9 heteroatoms. The maximum atomic E-state index is 12.8. The van der Waals surface area contributed by atoms with E-state index in [0.717, 1.165) is 5.56 Å². The van der Waals surface area contributed by atoms with Crippen LogP contribution in [-0.2, 0) is 16.4 Å².